The Morgan fingerprint density at radius 2 is 1.52 bits per heavy atom. The maximum absolute atomic E-state index is 12.8. The van der Waals surface area contributed by atoms with Gasteiger partial charge in [0.05, 0.1) is 0 Å². The molecule has 1 saturated heterocycles. The van der Waals surface area contributed by atoms with Crippen LogP contribution in [0.5, 0.6) is 0 Å². The Hall–Kier alpha value is -2.68. The average Bonchev–Trinajstić information content (AvgIpc) is 2.63. The number of ether oxygens (including phenoxy) is 2. The van der Waals surface area contributed by atoms with E-state index in [1.54, 1.807) is 51.3 Å². The number of rotatable bonds is 7. The van der Waals surface area contributed by atoms with E-state index >= 15 is 0 Å². The molecule has 3 amide bonds. The zero-order valence-corrected chi connectivity index (χ0v) is 19.5. The van der Waals surface area contributed by atoms with Crippen molar-refractivity contribution in [3.8, 4) is 0 Å². The maximum atomic E-state index is 12.8. The van der Waals surface area contributed by atoms with Crippen molar-refractivity contribution in [3.63, 3.8) is 0 Å². The number of alkyl carbamates (subject to hydrolysis) is 1. The third kappa shape index (κ3) is 10.8. The molecule has 0 aliphatic carbocycles. The predicted octanol–water partition coefficient (Wildman–Crippen LogP) is 3.44. The molecule has 0 aromatic carbocycles. The lowest BCUT2D eigenvalue weighted by atomic mass is 10.1. The number of azide groups is 1. The highest BCUT2D eigenvalue weighted by Crippen LogP contribution is 2.15. The van der Waals surface area contributed by atoms with Crippen LogP contribution in [0.25, 0.3) is 10.4 Å². The van der Waals surface area contributed by atoms with E-state index in [2.05, 4.69) is 15.3 Å². The van der Waals surface area contributed by atoms with E-state index < -0.39 is 29.4 Å². The van der Waals surface area contributed by atoms with Crippen LogP contribution in [0.15, 0.2) is 5.11 Å². The van der Waals surface area contributed by atoms with Crippen molar-refractivity contribution in [2.45, 2.75) is 78.0 Å². The van der Waals surface area contributed by atoms with Crippen molar-refractivity contribution < 1.29 is 23.9 Å². The lowest BCUT2D eigenvalue weighted by Crippen LogP contribution is -2.53. The number of hydrogen-bond acceptors (Lipinski definition) is 6. The zero-order valence-electron chi connectivity index (χ0n) is 19.5. The Morgan fingerprint density at radius 3 is 2.03 bits per heavy atom. The summed E-state index contributed by atoms with van der Waals surface area (Å²) in [4.78, 5) is 42.5. The molecule has 31 heavy (non-hydrogen) atoms. The summed E-state index contributed by atoms with van der Waals surface area (Å²) in [6.45, 7) is 12.6. The van der Waals surface area contributed by atoms with Crippen LogP contribution in [0.1, 0.15) is 60.8 Å². The highest BCUT2D eigenvalue weighted by Gasteiger charge is 2.30. The monoisotopic (exact) mass is 440 g/mol. The molecule has 1 fully saturated rings. The van der Waals surface area contributed by atoms with Gasteiger partial charge in [0.15, 0.2) is 0 Å². The summed E-state index contributed by atoms with van der Waals surface area (Å²) in [6.07, 6.45) is 0.715. The van der Waals surface area contributed by atoms with Crippen LogP contribution in [0.4, 0.5) is 9.59 Å². The van der Waals surface area contributed by atoms with Crippen LogP contribution >= 0.6 is 0 Å². The molecule has 0 spiro atoms. The fourth-order valence-corrected chi connectivity index (χ4v) is 2.91. The fourth-order valence-electron chi connectivity index (χ4n) is 2.91. The van der Waals surface area contributed by atoms with Crippen molar-refractivity contribution >= 4 is 18.1 Å². The van der Waals surface area contributed by atoms with Gasteiger partial charge in [-0.2, -0.15) is 0 Å². The van der Waals surface area contributed by atoms with Gasteiger partial charge in [-0.3, -0.25) is 4.79 Å². The highest BCUT2D eigenvalue weighted by molar-refractivity contribution is 5.82. The summed E-state index contributed by atoms with van der Waals surface area (Å²) in [5.41, 5.74) is 7.70. The molecule has 0 radical (unpaired) electrons. The second-order valence-electron chi connectivity index (χ2n) is 9.44. The summed E-state index contributed by atoms with van der Waals surface area (Å²) in [5, 5.41) is 6.31. The molecule has 1 rings (SSSR count). The van der Waals surface area contributed by atoms with Gasteiger partial charge < -0.3 is 24.6 Å². The minimum atomic E-state index is -0.806. The molecular weight excluding hydrogens is 404 g/mol. The Bertz CT molecular complexity index is 671. The van der Waals surface area contributed by atoms with Crippen molar-refractivity contribution in [1.82, 2.24) is 15.1 Å². The van der Waals surface area contributed by atoms with Crippen molar-refractivity contribution in [3.05, 3.63) is 10.4 Å². The third-order valence-corrected chi connectivity index (χ3v) is 4.29. The van der Waals surface area contributed by atoms with E-state index in [4.69, 9.17) is 15.0 Å². The van der Waals surface area contributed by atoms with Gasteiger partial charge in [0.1, 0.15) is 17.2 Å². The average molecular weight is 441 g/mol. The second kappa shape index (κ2) is 11.6. The third-order valence-electron chi connectivity index (χ3n) is 4.29. The number of nitrogens with zero attached hydrogens (tertiary/aromatic N) is 5. The number of unbranched alkanes of at least 4 members (excludes halogenated alkanes) is 1. The number of piperazine rings is 1. The van der Waals surface area contributed by atoms with Gasteiger partial charge in [-0.05, 0) is 59.9 Å². The minimum Gasteiger partial charge on any atom is -0.444 e. The first-order valence-corrected chi connectivity index (χ1v) is 10.6. The molecule has 0 aromatic rings. The van der Waals surface area contributed by atoms with Gasteiger partial charge in [0.2, 0.25) is 5.91 Å². The Balaban J connectivity index is 2.43. The summed E-state index contributed by atoms with van der Waals surface area (Å²) in [7, 11) is 0. The molecule has 1 heterocycles. The van der Waals surface area contributed by atoms with Gasteiger partial charge in [0.25, 0.3) is 0 Å². The summed E-state index contributed by atoms with van der Waals surface area (Å²) in [5.74, 6) is -0.248. The lowest BCUT2D eigenvalue weighted by molar-refractivity contribution is -0.134. The van der Waals surface area contributed by atoms with Crippen LogP contribution in [-0.2, 0) is 14.3 Å². The van der Waals surface area contributed by atoms with Gasteiger partial charge in [-0.15, -0.1) is 0 Å². The maximum Gasteiger partial charge on any atom is 0.410 e. The van der Waals surface area contributed by atoms with Crippen molar-refractivity contribution in [2.24, 2.45) is 5.11 Å². The second-order valence-corrected chi connectivity index (χ2v) is 9.44. The van der Waals surface area contributed by atoms with E-state index in [1.807, 2.05) is 0 Å². The fraction of sp³-hybridized carbons (Fsp3) is 0.850. The SMILES string of the molecule is CC(C)(C)OC(=O)NCCCC[C@H](N=[N+]=[N-])C(=O)N1CCN(C(=O)OC(C)(C)C)CC1. The van der Waals surface area contributed by atoms with Crippen LogP contribution < -0.4 is 5.32 Å². The van der Waals surface area contributed by atoms with E-state index in [1.165, 1.54) is 0 Å². The summed E-state index contributed by atoms with van der Waals surface area (Å²) < 4.78 is 10.5. The van der Waals surface area contributed by atoms with Crippen LogP contribution in [0.2, 0.25) is 0 Å². The summed E-state index contributed by atoms with van der Waals surface area (Å²) in [6, 6.07) is -0.806. The molecule has 0 bridgehead atoms. The summed E-state index contributed by atoms with van der Waals surface area (Å²) >= 11 is 0. The normalized spacial score (nSPS) is 15.5. The van der Waals surface area contributed by atoms with E-state index in [0.717, 1.165) is 0 Å². The number of carbonyl (C=O) groups is 3. The molecular formula is C20H36N6O5. The van der Waals surface area contributed by atoms with E-state index in [-0.39, 0.29) is 5.91 Å². The lowest BCUT2D eigenvalue weighted by Gasteiger charge is -2.36. The number of carbonyl (C=O) groups excluding carboxylic acids is 3. The van der Waals surface area contributed by atoms with Crippen molar-refractivity contribution in [2.75, 3.05) is 32.7 Å². The number of nitrogens with one attached hydrogen (secondary N) is 1. The Kier molecular flexibility index (Phi) is 9.90. The standard InChI is InChI=1S/C20H36N6O5/c1-19(2,3)30-17(28)22-10-8-7-9-15(23-24-21)16(27)25-11-13-26(14-12-25)18(29)31-20(4,5)6/h15H,7-14H2,1-6H3,(H,22,28)/t15-/m0/s1. The molecule has 0 saturated carbocycles. The molecule has 1 atom stereocenters. The first-order chi connectivity index (χ1) is 14.3. The van der Waals surface area contributed by atoms with Crippen LogP contribution in [-0.4, -0.2) is 77.9 Å². The van der Waals surface area contributed by atoms with Crippen LogP contribution in [0.3, 0.4) is 0 Å². The Labute approximate surface area is 184 Å². The smallest absolute Gasteiger partial charge is 0.410 e. The molecule has 1 N–H and O–H groups in total. The molecule has 0 aromatic heterocycles. The number of hydrogen-bond donors (Lipinski definition) is 1. The molecule has 176 valence electrons. The topological polar surface area (TPSA) is 137 Å². The van der Waals surface area contributed by atoms with Gasteiger partial charge in [-0.25, -0.2) is 9.59 Å². The van der Waals surface area contributed by atoms with Gasteiger partial charge >= 0.3 is 12.2 Å². The first-order valence-electron chi connectivity index (χ1n) is 10.6. The van der Waals surface area contributed by atoms with E-state index in [9.17, 15) is 14.4 Å². The molecule has 1 aliphatic heterocycles. The molecule has 0 unspecified atom stereocenters. The zero-order chi connectivity index (χ0) is 23.7. The van der Waals surface area contributed by atoms with E-state index in [0.29, 0.717) is 52.0 Å². The van der Waals surface area contributed by atoms with Gasteiger partial charge in [0, 0.05) is 37.6 Å². The molecule has 11 heteroatoms. The molecule has 1 aliphatic rings. The number of amides is 3. The van der Waals surface area contributed by atoms with Crippen LogP contribution in [0, 0.1) is 0 Å². The minimum absolute atomic E-state index is 0.248. The highest BCUT2D eigenvalue weighted by atomic mass is 16.6. The Morgan fingerprint density at radius 1 is 0.968 bits per heavy atom. The predicted molar refractivity (Wildman–Crippen MR) is 115 cm³/mol. The molecule has 11 nitrogen and oxygen atoms in total. The van der Waals surface area contributed by atoms with Crippen molar-refractivity contribution in [1.29, 1.82) is 0 Å². The van der Waals surface area contributed by atoms with Gasteiger partial charge in [-0.1, -0.05) is 11.5 Å². The quantitative estimate of drug-likeness (QED) is 0.280. The first kappa shape index (κ1) is 26.4. The largest absolute Gasteiger partial charge is 0.444 e.